The Morgan fingerprint density at radius 3 is 1.70 bits per heavy atom. The first-order valence-corrected chi connectivity index (χ1v) is 16.1. The van der Waals surface area contributed by atoms with Crippen LogP contribution in [0.4, 0.5) is 0 Å². The molecule has 0 bridgehead atoms. The largest absolute Gasteiger partial charge is 0.378 e. The molecule has 1 atom stereocenters. The fourth-order valence-electron chi connectivity index (χ4n) is 6.42. The highest BCUT2D eigenvalue weighted by molar-refractivity contribution is 5.93. The van der Waals surface area contributed by atoms with Gasteiger partial charge in [-0.25, -0.2) is 9.97 Å². The van der Waals surface area contributed by atoms with Crippen LogP contribution < -0.4 is 5.32 Å². The Hall–Kier alpha value is -5.33. The molecule has 6 heteroatoms. The zero-order valence-electron chi connectivity index (χ0n) is 27.2. The molecule has 236 valence electrons. The van der Waals surface area contributed by atoms with Gasteiger partial charge in [0.1, 0.15) is 16.8 Å². The van der Waals surface area contributed by atoms with Crippen molar-refractivity contribution < 1.29 is 9.90 Å². The number of aliphatic hydroxyl groups is 1. The van der Waals surface area contributed by atoms with Gasteiger partial charge in [0.15, 0.2) is 0 Å². The number of hydrogen-bond acceptors (Lipinski definition) is 4. The topological polar surface area (TPSA) is 80.0 Å². The second-order valence-corrected chi connectivity index (χ2v) is 12.5. The minimum atomic E-state index is -1.38. The summed E-state index contributed by atoms with van der Waals surface area (Å²) in [6.07, 6.45) is 3.82. The van der Waals surface area contributed by atoms with Crippen LogP contribution in [-0.4, -0.2) is 31.6 Å². The summed E-state index contributed by atoms with van der Waals surface area (Å²) in [5.41, 5.74) is 4.29. The third kappa shape index (κ3) is 5.88. The van der Waals surface area contributed by atoms with Crippen molar-refractivity contribution in [2.24, 2.45) is 5.92 Å². The van der Waals surface area contributed by atoms with Gasteiger partial charge < -0.3 is 15.0 Å². The van der Waals surface area contributed by atoms with Crippen molar-refractivity contribution in [3.8, 4) is 11.3 Å². The molecule has 0 radical (unpaired) electrons. The quantitative estimate of drug-likeness (QED) is 0.153. The third-order valence-electron chi connectivity index (χ3n) is 8.79. The van der Waals surface area contributed by atoms with Crippen LogP contribution in [-0.2, 0) is 11.1 Å². The summed E-state index contributed by atoms with van der Waals surface area (Å²) in [6, 6.07) is 44.4. The van der Waals surface area contributed by atoms with Crippen molar-refractivity contribution in [3.63, 3.8) is 0 Å². The number of benzene rings is 4. The van der Waals surface area contributed by atoms with Crippen molar-refractivity contribution in [3.05, 3.63) is 180 Å². The molecule has 6 aromatic rings. The maximum absolute atomic E-state index is 12.6. The van der Waals surface area contributed by atoms with E-state index in [0.29, 0.717) is 17.1 Å². The molecule has 0 aliphatic heterocycles. The second kappa shape index (κ2) is 13.2. The molecule has 2 N–H and O–H groups in total. The van der Waals surface area contributed by atoms with E-state index in [1.807, 2.05) is 94.8 Å². The Balaban J connectivity index is 1.44. The number of nitrogens with one attached hydrogen (secondary N) is 1. The average Bonchev–Trinajstić information content (AvgIpc) is 3.60. The molecule has 0 saturated heterocycles. The molecular weight excluding hydrogens is 580 g/mol. The van der Waals surface area contributed by atoms with E-state index in [0.717, 1.165) is 27.8 Å². The lowest BCUT2D eigenvalue weighted by Gasteiger charge is -2.37. The van der Waals surface area contributed by atoms with Gasteiger partial charge in [0.2, 0.25) is 0 Å². The van der Waals surface area contributed by atoms with Crippen molar-refractivity contribution >= 4 is 5.91 Å². The van der Waals surface area contributed by atoms with E-state index in [2.05, 4.69) is 87.7 Å². The normalized spacial score (nSPS) is 13.0. The molecule has 0 saturated carbocycles. The Kier molecular flexibility index (Phi) is 8.88. The predicted molar refractivity (Wildman–Crippen MR) is 187 cm³/mol. The smallest absolute Gasteiger partial charge is 0.270 e. The van der Waals surface area contributed by atoms with Gasteiger partial charge in [0.05, 0.1) is 17.7 Å². The molecule has 1 unspecified atom stereocenters. The fourth-order valence-corrected chi connectivity index (χ4v) is 6.42. The van der Waals surface area contributed by atoms with Crippen LogP contribution in [0.25, 0.3) is 11.3 Å². The summed E-state index contributed by atoms with van der Waals surface area (Å²) in [4.78, 5) is 22.1. The highest BCUT2D eigenvalue weighted by Gasteiger charge is 2.42. The number of imidazole rings is 1. The lowest BCUT2D eigenvalue weighted by Crippen LogP contribution is -2.37. The highest BCUT2D eigenvalue weighted by atomic mass is 16.3. The van der Waals surface area contributed by atoms with Gasteiger partial charge in [-0.3, -0.25) is 4.79 Å². The third-order valence-corrected chi connectivity index (χ3v) is 8.79. The van der Waals surface area contributed by atoms with E-state index in [9.17, 15) is 9.90 Å². The summed E-state index contributed by atoms with van der Waals surface area (Å²) in [6.45, 7) is 7.85. The molecule has 2 aromatic heterocycles. The number of rotatable bonds is 10. The molecule has 0 aliphatic carbocycles. The van der Waals surface area contributed by atoms with Gasteiger partial charge in [0.25, 0.3) is 5.91 Å². The van der Waals surface area contributed by atoms with Crippen LogP contribution in [0.3, 0.4) is 0 Å². The standard InChI is InChI=1S/C41H40N4O2/c1-29(2)41(47,35-25-23-31(24-26-35)36-21-14-22-37(44-36)39(46)43-30(3)4)38-27-45(28-42-38)40(32-15-8-5-9-16-32,33-17-10-6-11-18-33)34-19-12-7-13-20-34/h5-30,47H,1-4H3,(H,43,46). The molecule has 0 fully saturated rings. The molecule has 0 spiro atoms. The van der Waals surface area contributed by atoms with Gasteiger partial charge in [-0.15, -0.1) is 0 Å². The van der Waals surface area contributed by atoms with Gasteiger partial charge in [0, 0.05) is 17.8 Å². The Labute approximate surface area is 276 Å². The van der Waals surface area contributed by atoms with E-state index in [1.54, 1.807) is 6.07 Å². The number of nitrogens with zero attached hydrogens (tertiary/aromatic N) is 3. The van der Waals surface area contributed by atoms with Crippen LogP contribution >= 0.6 is 0 Å². The minimum absolute atomic E-state index is 0.0164. The van der Waals surface area contributed by atoms with Gasteiger partial charge in [-0.2, -0.15) is 0 Å². The van der Waals surface area contributed by atoms with Crippen molar-refractivity contribution in [1.29, 1.82) is 0 Å². The Morgan fingerprint density at radius 1 is 0.681 bits per heavy atom. The summed E-state index contributed by atoms with van der Waals surface area (Å²) in [5.74, 6) is -0.404. The number of hydrogen-bond donors (Lipinski definition) is 2. The predicted octanol–water partition coefficient (Wildman–Crippen LogP) is 7.82. The Bertz CT molecular complexity index is 1840. The van der Waals surface area contributed by atoms with Crippen LogP contribution in [0.1, 0.15) is 66.1 Å². The maximum atomic E-state index is 12.6. The molecule has 2 heterocycles. The van der Waals surface area contributed by atoms with E-state index >= 15 is 0 Å². The molecule has 6 rings (SSSR count). The second-order valence-electron chi connectivity index (χ2n) is 12.5. The lowest BCUT2D eigenvalue weighted by atomic mass is 9.76. The van der Waals surface area contributed by atoms with E-state index in [4.69, 9.17) is 4.98 Å². The average molecular weight is 621 g/mol. The summed E-state index contributed by atoms with van der Waals surface area (Å²) >= 11 is 0. The number of pyridine rings is 1. The van der Waals surface area contributed by atoms with E-state index in [1.165, 1.54) is 0 Å². The van der Waals surface area contributed by atoms with Gasteiger partial charge in [-0.1, -0.05) is 135 Å². The first kappa shape index (κ1) is 31.6. The molecule has 6 nitrogen and oxygen atoms in total. The minimum Gasteiger partial charge on any atom is -0.378 e. The van der Waals surface area contributed by atoms with E-state index in [-0.39, 0.29) is 17.9 Å². The molecule has 47 heavy (non-hydrogen) atoms. The van der Waals surface area contributed by atoms with E-state index < -0.39 is 11.1 Å². The molecule has 0 aliphatic rings. The zero-order chi connectivity index (χ0) is 33.0. The van der Waals surface area contributed by atoms with Crippen molar-refractivity contribution in [2.75, 3.05) is 0 Å². The first-order chi connectivity index (χ1) is 22.7. The number of carbonyl (C=O) groups excluding carboxylic acids is 1. The fraction of sp³-hybridized carbons (Fsp3) is 0.195. The SMILES string of the molecule is CC(C)NC(=O)c1cccc(-c2ccc(C(O)(c3cn(C(c4ccccc4)(c4ccccc4)c4ccccc4)cn3)C(C)C)cc2)n1. The number of amides is 1. The van der Waals surface area contributed by atoms with Gasteiger partial charge in [-0.05, 0) is 54.2 Å². The molecular formula is C41H40N4O2. The Morgan fingerprint density at radius 2 is 1.21 bits per heavy atom. The molecule has 4 aromatic carbocycles. The summed E-state index contributed by atoms with van der Waals surface area (Å²) < 4.78 is 2.13. The van der Waals surface area contributed by atoms with Crippen LogP contribution in [0.15, 0.2) is 146 Å². The summed E-state index contributed by atoms with van der Waals surface area (Å²) in [5, 5.41) is 15.4. The van der Waals surface area contributed by atoms with Crippen LogP contribution in [0.2, 0.25) is 0 Å². The van der Waals surface area contributed by atoms with Crippen LogP contribution in [0, 0.1) is 5.92 Å². The lowest BCUT2D eigenvalue weighted by molar-refractivity contribution is 0.0278. The summed E-state index contributed by atoms with van der Waals surface area (Å²) in [7, 11) is 0. The monoisotopic (exact) mass is 620 g/mol. The van der Waals surface area contributed by atoms with Crippen molar-refractivity contribution in [2.45, 2.75) is 44.9 Å². The maximum Gasteiger partial charge on any atom is 0.270 e. The molecule has 1 amide bonds. The van der Waals surface area contributed by atoms with Crippen molar-refractivity contribution in [1.82, 2.24) is 19.9 Å². The number of carbonyl (C=O) groups is 1. The first-order valence-electron chi connectivity index (χ1n) is 16.1. The van der Waals surface area contributed by atoms with Gasteiger partial charge >= 0.3 is 0 Å². The highest BCUT2D eigenvalue weighted by Crippen LogP contribution is 2.43. The number of aromatic nitrogens is 3. The van der Waals surface area contributed by atoms with Crippen LogP contribution in [0.5, 0.6) is 0 Å². The zero-order valence-corrected chi connectivity index (χ0v) is 27.2.